The predicted molar refractivity (Wildman–Crippen MR) is 55.1 cm³/mol. The van der Waals surface area contributed by atoms with Crippen LogP contribution in [0.25, 0.3) is 0 Å². The summed E-state index contributed by atoms with van der Waals surface area (Å²) in [5.41, 5.74) is -2.04. The molecule has 0 saturated heterocycles. The van der Waals surface area contributed by atoms with Gasteiger partial charge in [-0.15, -0.1) is 0 Å². The number of nitrogens with zero attached hydrogens (tertiary/aromatic N) is 1. The summed E-state index contributed by atoms with van der Waals surface area (Å²) in [5.74, 6) is -1.99. The van der Waals surface area contributed by atoms with Crippen LogP contribution in [0.5, 0.6) is 0 Å². The highest BCUT2D eigenvalue weighted by atomic mass is 19.4. The Bertz CT molecular complexity index is 465. The van der Waals surface area contributed by atoms with E-state index in [2.05, 4.69) is 5.32 Å². The molecule has 1 heterocycles. The molecule has 100 valence electrons. The van der Waals surface area contributed by atoms with Crippen LogP contribution in [0, 0.1) is 0 Å². The lowest BCUT2D eigenvalue weighted by molar-refractivity contribution is -0.138. The van der Waals surface area contributed by atoms with Crippen LogP contribution in [0.15, 0.2) is 12.4 Å². The van der Waals surface area contributed by atoms with Gasteiger partial charge >= 0.3 is 12.1 Å². The number of hydrogen-bond donors (Lipinski definition) is 2. The predicted octanol–water partition coefficient (Wildman–Crippen LogP) is 1.34. The normalized spacial score (nSPS) is 11.3. The van der Waals surface area contributed by atoms with E-state index in [9.17, 15) is 22.8 Å². The van der Waals surface area contributed by atoms with Crippen molar-refractivity contribution >= 4 is 11.9 Å². The van der Waals surface area contributed by atoms with Crippen LogP contribution in [0.3, 0.4) is 0 Å². The molecule has 1 aromatic heterocycles. The molecule has 1 rings (SSSR count). The molecule has 0 aliphatic heterocycles. The molecule has 18 heavy (non-hydrogen) atoms. The van der Waals surface area contributed by atoms with Crippen LogP contribution in [0.4, 0.5) is 13.2 Å². The zero-order valence-corrected chi connectivity index (χ0v) is 9.41. The third-order valence-corrected chi connectivity index (χ3v) is 2.29. The molecule has 8 heteroatoms. The molecule has 0 spiro atoms. The first-order valence-electron chi connectivity index (χ1n) is 4.96. The number of rotatable bonds is 4. The Morgan fingerprint density at radius 1 is 1.39 bits per heavy atom. The van der Waals surface area contributed by atoms with Crippen molar-refractivity contribution in [2.24, 2.45) is 0 Å². The van der Waals surface area contributed by atoms with Gasteiger partial charge in [0.25, 0.3) is 0 Å². The third-order valence-electron chi connectivity index (χ3n) is 2.29. The van der Waals surface area contributed by atoms with Gasteiger partial charge in [-0.25, -0.2) is 4.79 Å². The number of carboxylic acids is 1. The van der Waals surface area contributed by atoms with Crippen molar-refractivity contribution in [1.29, 1.82) is 0 Å². The van der Waals surface area contributed by atoms with Crippen LogP contribution < -0.4 is 5.32 Å². The number of carbonyl (C=O) groups is 2. The second-order valence-corrected chi connectivity index (χ2v) is 3.55. The van der Waals surface area contributed by atoms with Gasteiger partial charge in [-0.1, -0.05) is 0 Å². The summed E-state index contributed by atoms with van der Waals surface area (Å²) < 4.78 is 38.6. The van der Waals surface area contributed by atoms with Gasteiger partial charge in [-0.2, -0.15) is 13.2 Å². The van der Waals surface area contributed by atoms with E-state index in [0.29, 0.717) is 6.20 Å². The number of carboxylic acid groups (broad SMARTS) is 1. The first-order valence-corrected chi connectivity index (χ1v) is 4.96. The highest BCUT2D eigenvalue weighted by molar-refractivity contribution is 5.89. The van der Waals surface area contributed by atoms with E-state index < -0.39 is 23.3 Å². The van der Waals surface area contributed by atoms with Gasteiger partial charge in [-0.3, -0.25) is 4.79 Å². The fraction of sp³-hybridized carbons (Fsp3) is 0.400. The summed E-state index contributed by atoms with van der Waals surface area (Å²) in [6.07, 6.45) is -3.20. The van der Waals surface area contributed by atoms with Crippen LogP contribution in [0.1, 0.15) is 22.3 Å². The summed E-state index contributed by atoms with van der Waals surface area (Å²) in [4.78, 5) is 21.6. The molecule has 0 aliphatic rings. The first-order chi connectivity index (χ1) is 8.25. The van der Waals surface area contributed by atoms with Crippen molar-refractivity contribution in [3.63, 3.8) is 0 Å². The fourth-order valence-electron chi connectivity index (χ4n) is 1.39. The molecule has 0 fully saturated rings. The minimum Gasteiger partial charge on any atom is -0.478 e. The van der Waals surface area contributed by atoms with E-state index in [1.165, 1.54) is 7.05 Å². The topological polar surface area (TPSA) is 71.3 Å². The minimum atomic E-state index is -4.73. The Morgan fingerprint density at radius 2 is 2.00 bits per heavy atom. The number of aromatic nitrogens is 1. The van der Waals surface area contributed by atoms with E-state index in [-0.39, 0.29) is 18.9 Å². The lowest BCUT2D eigenvalue weighted by Crippen LogP contribution is -2.19. The van der Waals surface area contributed by atoms with Gasteiger partial charge in [0, 0.05) is 32.4 Å². The monoisotopic (exact) mass is 264 g/mol. The molecule has 2 N–H and O–H groups in total. The highest BCUT2D eigenvalue weighted by Gasteiger charge is 2.36. The van der Waals surface area contributed by atoms with Crippen molar-refractivity contribution in [3.8, 4) is 0 Å². The Hall–Kier alpha value is -1.99. The Balaban J connectivity index is 2.96. The number of aryl methyl sites for hydroxylation is 1. The van der Waals surface area contributed by atoms with E-state index in [1.54, 1.807) is 0 Å². The largest absolute Gasteiger partial charge is 0.478 e. The SMILES string of the molecule is CNC(=O)CCn1cc(C(=O)O)c(C(F)(F)F)c1. The number of aromatic carboxylic acids is 1. The zero-order chi connectivity index (χ0) is 13.9. The maximum Gasteiger partial charge on any atom is 0.418 e. The van der Waals surface area contributed by atoms with E-state index in [4.69, 9.17) is 5.11 Å². The quantitative estimate of drug-likeness (QED) is 0.862. The molecule has 1 amide bonds. The van der Waals surface area contributed by atoms with Crippen LogP contribution in [-0.4, -0.2) is 28.6 Å². The van der Waals surface area contributed by atoms with E-state index in [1.807, 2.05) is 0 Å². The summed E-state index contributed by atoms with van der Waals surface area (Å²) in [7, 11) is 1.40. The molecule has 0 saturated carbocycles. The molecule has 0 radical (unpaired) electrons. The summed E-state index contributed by atoms with van der Waals surface area (Å²) in [6.45, 7) is -0.0178. The van der Waals surface area contributed by atoms with Crippen molar-refractivity contribution < 1.29 is 27.9 Å². The molecule has 0 aliphatic carbocycles. The van der Waals surface area contributed by atoms with Gasteiger partial charge in [0.2, 0.25) is 5.91 Å². The molecule has 0 bridgehead atoms. The molecule has 0 unspecified atom stereocenters. The summed E-state index contributed by atoms with van der Waals surface area (Å²) in [5, 5.41) is 11.0. The van der Waals surface area contributed by atoms with Crippen molar-refractivity contribution in [2.75, 3.05) is 7.05 Å². The molecular weight excluding hydrogens is 253 g/mol. The maximum absolute atomic E-state index is 12.5. The average molecular weight is 264 g/mol. The minimum absolute atomic E-state index is 0.0178. The van der Waals surface area contributed by atoms with Crippen LogP contribution >= 0.6 is 0 Å². The fourth-order valence-corrected chi connectivity index (χ4v) is 1.39. The van der Waals surface area contributed by atoms with Gasteiger partial charge in [-0.05, 0) is 0 Å². The number of hydrogen-bond acceptors (Lipinski definition) is 2. The Morgan fingerprint density at radius 3 is 2.39 bits per heavy atom. The number of nitrogens with one attached hydrogen (secondary N) is 1. The zero-order valence-electron chi connectivity index (χ0n) is 9.41. The van der Waals surface area contributed by atoms with Crippen molar-refractivity contribution in [3.05, 3.63) is 23.5 Å². The third kappa shape index (κ3) is 3.25. The second kappa shape index (κ2) is 5.11. The number of carbonyl (C=O) groups excluding carboxylic acids is 1. The molecule has 0 atom stereocenters. The maximum atomic E-state index is 12.5. The molecule has 5 nitrogen and oxygen atoms in total. The van der Waals surface area contributed by atoms with Gasteiger partial charge in [0.1, 0.15) is 0 Å². The Labute approximate surface area is 100 Å². The van der Waals surface area contributed by atoms with E-state index >= 15 is 0 Å². The van der Waals surface area contributed by atoms with Crippen LogP contribution in [0.2, 0.25) is 0 Å². The molecule has 0 aromatic carbocycles. The lowest BCUT2D eigenvalue weighted by Gasteiger charge is -2.04. The average Bonchev–Trinajstić information content (AvgIpc) is 2.69. The summed E-state index contributed by atoms with van der Waals surface area (Å²) >= 11 is 0. The van der Waals surface area contributed by atoms with Crippen molar-refractivity contribution in [2.45, 2.75) is 19.1 Å². The number of halogens is 3. The van der Waals surface area contributed by atoms with Crippen LogP contribution in [-0.2, 0) is 17.5 Å². The second-order valence-electron chi connectivity index (χ2n) is 3.55. The van der Waals surface area contributed by atoms with Crippen molar-refractivity contribution in [1.82, 2.24) is 9.88 Å². The van der Waals surface area contributed by atoms with Gasteiger partial charge < -0.3 is 15.0 Å². The van der Waals surface area contributed by atoms with Gasteiger partial charge in [0.15, 0.2) is 0 Å². The first kappa shape index (κ1) is 14.1. The Kier molecular flexibility index (Phi) is 4.00. The summed E-state index contributed by atoms with van der Waals surface area (Å²) in [6, 6.07) is 0. The highest BCUT2D eigenvalue weighted by Crippen LogP contribution is 2.32. The van der Waals surface area contributed by atoms with Gasteiger partial charge in [0.05, 0.1) is 11.1 Å². The van der Waals surface area contributed by atoms with E-state index in [0.717, 1.165) is 10.8 Å². The number of alkyl halides is 3. The molecular formula is C10H11F3N2O3. The smallest absolute Gasteiger partial charge is 0.418 e. The molecule has 1 aromatic rings. The number of amides is 1. The standard InChI is InChI=1S/C10H11F3N2O3/c1-14-8(16)2-3-15-4-6(9(17)18)7(5-15)10(11,12)13/h4-5H,2-3H2,1H3,(H,14,16)(H,17,18). The lowest BCUT2D eigenvalue weighted by atomic mass is 10.2.